The van der Waals surface area contributed by atoms with Crippen LogP contribution in [-0.2, 0) is 16.4 Å². The molecule has 0 bridgehead atoms. The summed E-state index contributed by atoms with van der Waals surface area (Å²) < 4.78 is 33.7. The molecule has 4 N–H and O–H groups in total. The minimum absolute atomic E-state index is 0. The Balaban J connectivity index is 0.00000300. The molecule has 0 unspecified atom stereocenters. The Morgan fingerprint density at radius 2 is 2.00 bits per heavy atom. The number of primary sulfonamides is 1. The first-order chi connectivity index (χ1) is 13.5. The van der Waals surface area contributed by atoms with E-state index < -0.39 is 10.0 Å². The predicted molar refractivity (Wildman–Crippen MR) is 127 cm³/mol. The van der Waals surface area contributed by atoms with Gasteiger partial charge in [0.2, 0.25) is 10.0 Å². The highest BCUT2D eigenvalue weighted by Crippen LogP contribution is 2.32. The third-order valence-corrected chi connectivity index (χ3v) is 5.59. The lowest BCUT2D eigenvalue weighted by Crippen LogP contribution is -2.33. The van der Waals surface area contributed by atoms with Crippen molar-refractivity contribution in [1.29, 1.82) is 0 Å². The van der Waals surface area contributed by atoms with Gasteiger partial charge in [-0.2, -0.15) is 0 Å². The highest BCUT2D eigenvalue weighted by atomic mass is 127. The van der Waals surface area contributed by atoms with E-state index in [1.165, 1.54) is 4.88 Å². The molecule has 2 heterocycles. The second kappa shape index (κ2) is 11.6. The predicted octanol–water partition coefficient (Wildman–Crippen LogP) is 2.42. The lowest BCUT2D eigenvalue weighted by atomic mass is 10.2. The Labute approximate surface area is 192 Å². The topological polar surface area (TPSA) is 115 Å². The number of halogens is 1. The van der Waals surface area contributed by atoms with E-state index in [1.54, 1.807) is 11.3 Å². The van der Waals surface area contributed by atoms with Crippen LogP contribution in [0.25, 0.3) is 0 Å². The fourth-order valence-corrected chi connectivity index (χ4v) is 3.62. The van der Waals surface area contributed by atoms with Crippen LogP contribution in [-0.4, -0.2) is 46.4 Å². The van der Waals surface area contributed by atoms with Crippen LogP contribution in [0.5, 0.6) is 11.5 Å². The van der Waals surface area contributed by atoms with Crippen molar-refractivity contribution in [3.8, 4) is 11.5 Å². The van der Waals surface area contributed by atoms with Crippen molar-refractivity contribution in [1.82, 2.24) is 5.32 Å². The van der Waals surface area contributed by atoms with Gasteiger partial charge in [-0.05, 0) is 30.0 Å². The molecule has 160 valence electrons. The van der Waals surface area contributed by atoms with Crippen molar-refractivity contribution in [2.75, 3.05) is 37.4 Å². The number of benzene rings is 1. The van der Waals surface area contributed by atoms with Crippen LogP contribution in [0.2, 0.25) is 0 Å². The average Bonchev–Trinajstić information content (AvgIpc) is 3.04. The molecule has 0 fully saturated rings. The van der Waals surface area contributed by atoms with E-state index in [2.05, 4.69) is 21.7 Å². The van der Waals surface area contributed by atoms with E-state index in [9.17, 15) is 8.42 Å². The quantitative estimate of drug-likeness (QED) is 0.276. The Bertz CT molecular complexity index is 905. The molecular formula is C18H25IN4O4S2. The number of hydrogen-bond donors (Lipinski definition) is 3. The molecule has 8 nitrogen and oxygen atoms in total. The minimum Gasteiger partial charge on any atom is -0.490 e. The summed E-state index contributed by atoms with van der Waals surface area (Å²) in [5.74, 6) is 1.65. The van der Waals surface area contributed by atoms with Crippen molar-refractivity contribution >= 4 is 57.0 Å². The zero-order chi connectivity index (χ0) is 19.8. The molecule has 3 rings (SSSR count). The molecule has 0 aliphatic carbocycles. The fourth-order valence-electron chi connectivity index (χ4n) is 2.56. The zero-order valence-electron chi connectivity index (χ0n) is 15.8. The molecule has 0 spiro atoms. The van der Waals surface area contributed by atoms with Crippen LogP contribution in [0, 0.1) is 0 Å². The van der Waals surface area contributed by atoms with Crippen LogP contribution >= 0.6 is 35.3 Å². The summed E-state index contributed by atoms with van der Waals surface area (Å²) in [4.78, 5) is 5.58. The molecule has 1 aliphatic heterocycles. The number of sulfonamides is 1. The van der Waals surface area contributed by atoms with Gasteiger partial charge < -0.3 is 20.1 Å². The van der Waals surface area contributed by atoms with Gasteiger partial charge in [-0.25, -0.2) is 13.6 Å². The number of nitrogens with zero attached hydrogens (tertiary/aromatic N) is 1. The fraction of sp³-hybridized carbons (Fsp3) is 0.389. The number of fused-ring (bicyclic) bond motifs is 1. The Morgan fingerprint density at radius 3 is 2.72 bits per heavy atom. The van der Waals surface area contributed by atoms with E-state index in [0.717, 1.165) is 18.5 Å². The van der Waals surface area contributed by atoms with Gasteiger partial charge in [0, 0.05) is 29.6 Å². The molecule has 0 radical (unpaired) electrons. The van der Waals surface area contributed by atoms with Gasteiger partial charge in [-0.1, -0.05) is 6.07 Å². The molecule has 11 heteroatoms. The minimum atomic E-state index is -3.56. The number of nitrogens with one attached hydrogen (secondary N) is 2. The van der Waals surface area contributed by atoms with E-state index >= 15 is 0 Å². The number of anilines is 1. The van der Waals surface area contributed by atoms with Gasteiger partial charge in [-0.15, -0.1) is 35.3 Å². The second-order valence-corrected chi connectivity index (χ2v) is 8.96. The molecular weight excluding hydrogens is 527 g/mol. The summed E-state index contributed by atoms with van der Waals surface area (Å²) in [6.45, 7) is 1.96. The van der Waals surface area contributed by atoms with Gasteiger partial charge in [0.15, 0.2) is 17.5 Å². The highest BCUT2D eigenvalue weighted by Gasteiger charge is 2.12. The van der Waals surface area contributed by atoms with Gasteiger partial charge >= 0.3 is 0 Å². The largest absolute Gasteiger partial charge is 0.490 e. The first kappa shape index (κ1) is 23.7. The summed E-state index contributed by atoms with van der Waals surface area (Å²) in [6.07, 6.45) is 1.68. The van der Waals surface area contributed by atoms with Crippen molar-refractivity contribution in [2.45, 2.75) is 12.8 Å². The summed E-state index contributed by atoms with van der Waals surface area (Å²) >= 11 is 1.69. The smallest absolute Gasteiger partial charge is 0.210 e. The number of hydrogen-bond acceptors (Lipinski definition) is 6. The second-order valence-electron chi connectivity index (χ2n) is 6.19. The maximum Gasteiger partial charge on any atom is 0.210 e. The highest BCUT2D eigenvalue weighted by molar-refractivity contribution is 14.0. The summed E-state index contributed by atoms with van der Waals surface area (Å²) in [6, 6.07) is 9.63. The lowest BCUT2D eigenvalue weighted by Gasteiger charge is -2.14. The summed E-state index contributed by atoms with van der Waals surface area (Å²) in [5, 5.41) is 13.5. The number of aliphatic imine (C=N–C) groups is 1. The Morgan fingerprint density at radius 1 is 1.21 bits per heavy atom. The van der Waals surface area contributed by atoms with E-state index in [1.807, 2.05) is 29.6 Å². The van der Waals surface area contributed by atoms with Crippen LogP contribution in [0.15, 0.2) is 40.7 Å². The van der Waals surface area contributed by atoms with Crippen molar-refractivity contribution < 1.29 is 17.9 Å². The zero-order valence-corrected chi connectivity index (χ0v) is 19.8. The third-order valence-electron chi connectivity index (χ3n) is 3.90. The van der Waals surface area contributed by atoms with Crippen LogP contribution < -0.4 is 25.2 Å². The van der Waals surface area contributed by atoms with E-state index in [0.29, 0.717) is 37.2 Å². The normalized spacial score (nSPS) is 13.9. The lowest BCUT2D eigenvalue weighted by molar-refractivity contribution is 0.297. The van der Waals surface area contributed by atoms with Gasteiger partial charge in [0.1, 0.15) is 0 Å². The molecule has 29 heavy (non-hydrogen) atoms. The van der Waals surface area contributed by atoms with E-state index in [4.69, 9.17) is 14.6 Å². The summed E-state index contributed by atoms with van der Waals surface area (Å²) in [5.41, 5.74) is 0.766. The number of thiophene rings is 1. The first-order valence-electron chi connectivity index (χ1n) is 8.97. The molecule has 1 aromatic heterocycles. The molecule has 1 aromatic carbocycles. The van der Waals surface area contributed by atoms with E-state index in [-0.39, 0.29) is 36.3 Å². The van der Waals surface area contributed by atoms with Crippen molar-refractivity contribution in [3.05, 3.63) is 40.6 Å². The Kier molecular flexibility index (Phi) is 9.46. The molecule has 0 saturated carbocycles. The summed E-state index contributed by atoms with van der Waals surface area (Å²) in [7, 11) is -3.56. The molecule has 1 aliphatic rings. The maximum atomic E-state index is 11.2. The monoisotopic (exact) mass is 552 g/mol. The van der Waals surface area contributed by atoms with Gasteiger partial charge in [0.25, 0.3) is 0 Å². The average molecular weight is 552 g/mol. The van der Waals surface area contributed by atoms with Crippen LogP contribution in [0.3, 0.4) is 0 Å². The third kappa shape index (κ3) is 8.36. The number of ether oxygens (including phenoxy) is 2. The van der Waals surface area contributed by atoms with Gasteiger partial charge in [-0.3, -0.25) is 4.99 Å². The molecule has 0 atom stereocenters. The molecule has 0 amide bonds. The number of rotatable bonds is 7. The number of guanidine groups is 1. The molecule has 0 saturated heterocycles. The van der Waals surface area contributed by atoms with Crippen molar-refractivity contribution in [3.63, 3.8) is 0 Å². The number of nitrogens with two attached hydrogens (primary N) is 1. The Hall–Kier alpha value is -1.57. The first-order valence-corrected chi connectivity index (χ1v) is 11.6. The van der Waals surface area contributed by atoms with Crippen LogP contribution in [0.1, 0.15) is 11.3 Å². The maximum absolute atomic E-state index is 11.2. The molecule has 2 aromatic rings. The van der Waals surface area contributed by atoms with Gasteiger partial charge in [0.05, 0.1) is 25.5 Å². The van der Waals surface area contributed by atoms with Crippen LogP contribution in [0.4, 0.5) is 5.69 Å². The standard InChI is InChI=1S/C18H24N4O4S2.HI/c19-28(23,24)12-8-21-18(20-7-6-15-3-1-11-27-15)22-14-4-5-16-17(13-14)26-10-2-9-25-16;/h1,3-5,11,13H,2,6-10,12H2,(H2,19,23,24)(H2,20,21,22);1H. The SMILES string of the molecule is I.NS(=O)(=O)CCN=C(NCCc1cccs1)Nc1ccc2c(c1)OCCCO2. The van der Waals surface area contributed by atoms with Crippen molar-refractivity contribution in [2.24, 2.45) is 10.1 Å².